The van der Waals surface area contributed by atoms with Crippen LogP contribution < -0.4 is 16.0 Å². The van der Waals surface area contributed by atoms with E-state index in [-0.39, 0.29) is 0 Å². The van der Waals surface area contributed by atoms with Gasteiger partial charge in [0.25, 0.3) is 0 Å². The van der Waals surface area contributed by atoms with Crippen LogP contribution in [0, 0.1) is 5.92 Å². The molecule has 3 nitrogen and oxygen atoms in total. The molecule has 3 heteroatoms. The molecular weight excluding hydrogens is 342 g/mol. The van der Waals surface area contributed by atoms with Crippen molar-refractivity contribution in [3.63, 3.8) is 0 Å². The van der Waals surface area contributed by atoms with Gasteiger partial charge in [-0.1, -0.05) is 35.8 Å². The van der Waals surface area contributed by atoms with Crippen molar-refractivity contribution in [1.29, 1.82) is 0 Å². The second kappa shape index (κ2) is 11.2. The third-order valence-electron chi connectivity index (χ3n) is 5.16. The van der Waals surface area contributed by atoms with Crippen molar-refractivity contribution in [1.82, 2.24) is 16.0 Å². The van der Waals surface area contributed by atoms with Gasteiger partial charge in [0.05, 0.1) is 11.4 Å². The van der Waals surface area contributed by atoms with Crippen LogP contribution in [0.2, 0.25) is 0 Å². The highest BCUT2D eigenvalue weighted by Gasteiger charge is 2.18. The van der Waals surface area contributed by atoms with Crippen molar-refractivity contribution in [2.75, 3.05) is 13.1 Å². The van der Waals surface area contributed by atoms with Crippen LogP contribution in [0.25, 0.3) is 0 Å². The van der Waals surface area contributed by atoms with E-state index in [2.05, 4.69) is 70.9 Å². The van der Waals surface area contributed by atoms with Crippen molar-refractivity contribution in [2.45, 2.75) is 39.0 Å². The van der Waals surface area contributed by atoms with Gasteiger partial charge in [-0.3, -0.25) is 0 Å². The molecular formula is C25H31N3. The molecule has 28 heavy (non-hydrogen) atoms. The van der Waals surface area contributed by atoms with Gasteiger partial charge in [0.2, 0.25) is 0 Å². The van der Waals surface area contributed by atoms with E-state index in [1.165, 1.54) is 30.4 Å². The summed E-state index contributed by atoms with van der Waals surface area (Å²) in [6.45, 7) is 4.38. The lowest BCUT2D eigenvalue weighted by molar-refractivity contribution is 0.421. The molecule has 146 valence electrons. The Labute approximate surface area is 169 Å². The molecule has 0 amide bonds. The standard InChI is InChI=1S/C25H31N3/c1-21-10-9-13-24(28-23-11-7-5-3-2-4-6-8-12-23)16-19-27-20-25(21)22-14-17-26-18-15-22/h3,5,7-10,12,16,19-20,22,26-28H,2,4,6,14-15,17-18H2,1H3/b5-3+,12-8?,19-16+,21-10?,25-20?. The van der Waals surface area contributed by atoms with E-state index < -0.39 is 0 Å². The number of rotatable bonds is 3. The maximum absolute atomic E-state index is 3.45. The monoisotopic (exact) mass is 373 g/mol. The summed E-state index contributed by atoms with van der Waals surface area (Å²) in [4.78, 5) is 0. The Balaban J connectivity index is 1.79. The van der Waals surface area contributed by atoms with Crippen molar-refractivity contribution >= 4 is 0 Å². The molecule has 1 fully saturated rings. The molecule has 0 unspecified atom stereocenters. The average Bonchev–Trinajstić information content (AvgIpc) is 2.73. The van der Waals surface area contributed by atoms with E-state index in [0.717, 1.165) is 37.3 Å². The predicted octanol–water partition coefficient (Wildman–Crippen LogP) is 4.90. The molecule has 3 aliphatic rings. The molecule has 2 aliphatic heterocycles. The van der Waals surface area contributed by atoms with Crippen molar-refractivity contribution in [2.24, 2.45) is 5.92 Å². The van der Waals surface area contributed by atoms with Gasteiger partial charge in [0.15, 0.2) is 0 Å². The summed E-state index contributed by atoms with van der Waals surface area (Å²) in [6.07, 6.45) is 26.6. The van der Waals surface area contributed by atoms with Crippen molar-refractivity contribution in [3.05, 3.63) is 95.0 Å². The third-order valence-corrected chi connectivity index (χ3v) is 5.16. The second-order valence-corrected chi connectivity index (χ2v) is 7.31. The summed E-state index contributed by atoms with van der Waals surface area (Å²) in [5.74, 6) is 0.615. The molecule has 0 aromatic rings. The van der Waals surface area contributed by atoms with Crippen LogP contribution in [0.3, 0.4) is 0 Å². The van der Waals surface area contributed by atoms with Crippen LogP contribution in [-0.4, -0.2) is 13.1 Å². The Bertz CT molecular complexity index is 814. The Morgan fingerprint density at radius 2 is 1.79 bits per heavy atom. The number of nitrogens with one attached hydrogen (secondary N) is 3. The van der Waals surface area contributed by atoms with Crippen LogP contribution in [-0.2, 0) is 0 Å². The zero-order chi connectivity index (χ0) is 19.4. The molecule has 0 aromatic carbocycles. The van der Waals surface area contributed by atoms with Crippen molar-refractivity contribution < 1.29 is 0 Å². The molecule has 3 N–H and O–H groups in total. The topological polar surface area (TPSA) is 36.1 Å². The third kappa shape index (κ3) is 6.48. The molecule has 3 rings (SSSR count). The summed E-state index contributed by atoms with van der Waals surface area (Å²) in [5.41, 5.74) is 11.2. The quantitative estimate of drug-likeness (QED) is 0.616. The predicted molar refractivity (Wildman–Crippen MR) is 118 cm³/mol. The van der Waals surface area contributed by atoms with Gasteiger partial charge in [-0.2, -0.15) is 0 Å². The fourth-order valence-electron chi connectivity index (χ4n) is 3.56. The molecule has 2 heterocycles. The highest BCUT2D eigenvalue weighted by atomic mass is 14.9. The SMILES string of the molecule is CC1=CC=C=C(NC2=C=C/C=C/CCCC=C2)/C=C/NC=C1C1CCNCC1. The normalized spacial score (nSPS) is 23.5. The first-order valence-electron chi connectivity index (χ1n) is 10.4. The number of hydrogen-bond donors (Lipinski definition) is 3. The molecule has 0 radical (unpaired) electrons. The molecule has 0 spiro atoms. The molecule has 0 saturated carbocycles. The highest BCUT2D eigenvalue weighted by Crippen LogP contribution is 2.27. The fraction of sp³-hybridized carbons (Fsp3) is 0.360. The number of allylic oxidation sites excluding steroid dienone is 8. The first-order chi connectivity index (χ1) is 13.8. The van der Waals surface area contributed by atoms with E-state index in [1.54, 1.807) is 0 Å². The maximum Gasteiger partial charge on any atom is 0.0836 e. The number of piperidine rings is 1. The van der Waals surface area contributed by atoms with Crippen LogP contribution >= 0.6 is 0 Å². The summed E-state index contributed by atoms with van der Waals surface area (Å²) >= 11 is 0. The lowest BCUT2D eigenvalue weighted by Gasteiger charge is -2.26. The number of hydrogen-bond acceptors (Lipinski definition) is 3. The summed E-state index contributed by atoms with van der Waals surface area (Å²) in [6, 6.07) is 0. The lowest BCUT2D eigenvalue weighted by Crippen LogP contribution is -2.29. The van der Waals surface area contributed by atoms with Crippen LogP contribution in [0.15, 0.2) is 95.0 Å². The van der Waals surface area contributed by atoms with Gasteiger partial charge in [-0.05, 0) is 93.5 Å². The van der Waals surface area contributed by atoms with E-state index in [0.29, 0.717) is 5.92 Å². The summed E-state index contributed by atoms with van der Waals surface area (Å²) < 4.78 is 0. The molecule has 0 bridgehead atoms. The van der Waals surface area contributed by atoms with E-state index in [1.807, 2.05) is 24.4 Å². The van der Waals surface area contributed by atoms with Crippen LogP contribution in [0.5, 0.6) is 0 Å². The molecule has 0 aromatic heterocycles. The zero-order valence-corrected chi connectivity index (χ0v) is 16.8. The average molecular weight is 374 g/mol. The zero-order valence-electron chi connectivity index (χ0n) is 16.8. The van der Waals surface area contributed by atoms with Crippen LogP contribution in [0.4, 0.5) is 0 Å². The van der Waals surface area contributed by atoms with E-state index >= 15 is 0 Å². The first kappa shape index (κ1) is 20.0. The molecule has 1 saturated heterocycles. The van der Waals surface area contributed by atoms with Crippen LogP contribution in [0.1, 0.15) is 39.0 Å². The van der Waals surface area contributed by atoms with Gasteiger partial charge in [-0.15, -0.1) is 0 Å². The Morgan fingerprint density at radius 1 is 1.00 bits per heavy atom. The lowest BCUT2D eigenvalue weighted by atomic mass is 9.86. The minimum Gasteiger partial charge on any atom is -0.367 e. The first-order valence-corrected chi connectivity index (χ1v) is 10.4. The van der Waals surface area contributed by atoms with Gasteiger partial charge in [0, 0.05) is 12.4 Å². The summed E-state index contributed by atoms with van der Waals surface area (Å²) in [5, 5.41) is 10.2. The van der Waals surface area contributed by atoms with Gasteiger partial charge in [0.1, 0.15) is 0 Å². The van der Waals surface area contributed by atoms with Gasteiger partial charge in [-0.25, -0.2) is 0 Å². The molecule has 1 aliphatic carbocycles. The minimum atomic E-state index is 0.615. The second-order valence-electron chi connectivity index (χ2n) is 7.31. The Morgan fingerprint density at radius 3 is 2.68 bits per heavy atom. The van der Waals surface area contributed by atoms with E-state index in [4.69, 9.17) is 0 Å². The summed E-state index contributed by atoms with van der Waals surface area (Å²) in [7, 11) is 0. The van der Waals surface area contributed by atoms with Gasteiger partial charge < -0.3 is 16.0 Å². The van der Waals surface area contributed by atoms with Gasteiger partial charge >= 0.3 is 0 Å². The smallest absolute Gasteiger partial charge is 0.0836 e. The fourth-order valence-corrected chi connectivity index (χ4v) is 3.56. The molecule has 0 atom stereocenters. The minimum absolute atomic E-state index is 0.615. The Kier molecular flexibility index (Phi) is 8.03. The Hall–Kier alpha value is -2.70. The largest absolute Gasteiger partial charge is 0.367 e. The maximum atomic E-state index is 3.45. The van der Waals surface area contributed by atoms with E-state index in [9.17, 15) is 0 Å². The highest BCUT2D eigenvalue weighted by molar-refractivity contribution is 5.36. The van der Waals surface area contributed by atoms with Crippen molar-refractivity contribution in [3.8, 4) is 0 Å².